The summed E-state index contributed by atoms with van der Waals surface area (Å²) in [4.78, 5) is 38.0. The average molecular weight is 863 g/mol. The van der Waals surface area contributed by atoms with Crippen LogP contribution in [0.4, 0.5) is 0 Å². The van der Waals surface area contributed by atoms with E-state index in [1.165, 1.54) is 193 Å². The van der Waals surface area contributed by atoms with E-state index in [4.69, 9.17) is 14.2 Å². The average Bonchev–Trinajstić information content (AvgIpc) is 3.23. The van der Waals surface area contributed by atoms with E-state index in [0.29, 0.717) is 19.3 Å². The summed E-state index contributed by atoms with van der Waals surface area (Å²) in [5, 5.41) is 0. The van der Waals surface area contributed by atoms with Gasteiger partial charge in [-0.3, -0.25) is 14.4 Å². The molecule has 0 fully saturated rings. The predicted octanol–water partition coefficient (Wildman–Crippen LogP) is 17.7. The molecular formula is C55H106O6. The molecule has 0 aliphatic heterocycles. The highest BCUT2D eigenvalue weighted by molar-refractivity contribution is 5.71. The van der Waals surface area contributed by atoms with E-state index < -0.39 is 6.10 Å². The molecule has 0 bridgehead atoms. The third-order valence-corrected chi connectivity index (χ3v) is 12.5. The Morgan fingerprint density at radius 1 is 0.311 bits per heavy atom. The summed E-state index contributed by atoms with van der Waals surface area (Å²) in [5.41, 5.74) is 0. The van der Waals surface area contributed by atoms with Gasteiger partial charge in [-0.15, -0.1) is 0 Å². The van der Waals surface area contributed by atoms with Crippen LogP contribution in [0, 0.1) is 11.8 Å². The number of rotatable bonds is 49. The Morgan fingerprint density at radius 2 is 0.541 bits per heavy atom. The van der Waals surface area contributed by atoms with Gasteiger partial charge in [0.15, 0.2) is 6.10 Å². The highest BCUT2D eigenvalue weighted by Crippen LogP contribution is 2.18. The first-order valence-electron chi connectivity index (χ1n) is 27.2. The van der Waals surface area contributed by atoms with Crippen molar-refractivity contribution >= 4 is 17.9 Å². The van der Waals surface area contributed by atoms with E-state index in [9.17, 15) is 14.4 Å². The second kappa shape index (κ2) is 47.9. The van der Waals surface area contributed by atoms with Gasteiger partial charge in [0.2, 0.25) is 0 Å². The van der Waals surface area contributed by atoms with E-state index in [-0.39, 0.29) is 31.1 Å². The van der Waals surface area contributed by atoms with Gasteiger partial charge in [-0.05, 0) is 31.1 Å². The Labute approximate surface area is 380 Å². The van der Waals surface area contributed by atoms with Crippen molar-refractivity contribution in [3.63, 3.8) is 0 Å². The normalized spacial score (nSPS) is 12.0. The predicted molar refractivity (Wildman–Crippen MR) is 261 cm³/mol. The topological polar surface area (TPSA) is 78.9 Å². The first-order chi connectivity index (χ1) is 29.7. The van der Waals surface area contributed by atoms with E-state index in [0.717, 1.165) is 69.6 Å². The van der Waals surface area contributed by atoms with Crippen LogP contribution < -0.4 is 0 Å². The molecule has 0 spiro atoms. The lowest BCUT2D eigenvalue weighted by Gasteiger charge is -2.18. The lowest BCUT2D eigenvalue weighted by molar-refractivity contribution is -0.167. The van der Waals surface area contributed by atoms with Crippen LogP contribution in [0.25, 0.3) is 0 Å². The Balaban J connectivity index is 4.25. The first-order valence-corrected chi connectivity index (χ1v) is 27.2. The van der Waals surface area contributed by atoms with Gasteiger partial charge in [0.25, 0.3) is 0 Å². The van der Waals surface area contributed by atoms with Gasteiger partial charge in [0.1, 0.15) is 13.2 Å². The van der Waals surface area contributed by atoms with Gasteiger partial charge in [0.05, 0.1) is 0 Å². The molecule has 0 rings (SSSR count). The van der Waals surface area contributed by atoms with Gasteiger partial charge >= 0.3 is 17.9 Å². The maximum atomic E-state index is 12.8. The van der Waals surface area contributed by atoms with Gasteiger partial charge in [-0.1, -0.05) is 266 Å². The number of carbonyl (C=O) groups excluding carboxylic acids is 3. The summed E-state index contributed by atoms with van der Waals surface area (Å²) in [6.45, 7) is 11.3. The van der Waals surface area contributed by atoms with Crippen LogP contribution in [0.15, 0.2) is 0 Å². The van der Waals surface area contributed by atoms with E-state index in [2.05, 4.69) is 34.6 Å². The molecule has 0 radical (unpaired) electrons. The summed E-state index contributed by atoms with van der Waals surface area (Å²) in [7, 11) is 0. The number of esters is 3. The van der Waals surface area contributed by atoms with Crippen LogP contribution in [0.2, 0.25) is 0 Å². The van der Waals surface area contributed by atoms with Crippen LogP contribution in [-0.4, -0.2) is 37.2 Å². The maximum absolute atomic E-state index is 12.8. The Morgan fingerprint density at radius 3 is 0.803 bits per heavy atom. The fraction of sp³-hybridized carbons (Fsp3) is 0.945. The molecule has 0 aromatic rings. The molecular weight excluding hydrogens is 757 g/mol. The van der Waals surface area contributed by atoms with Gasteiger partial charge in [-0.2, -0.15) is 0 Å². The molecule has 0 aliphatic carbocycles. The van der Waals surface area contributed by atoms with Gasteiger partial charge < -0.3 is 14.2 Å². The summed E-state index contributed by atoms with van der Waals surface area (Å²) in [6, 6.07) is 0. The minimum atomic E-state index is -0.762. The van der Waals surface area contributed by atoms with Crippen molar-refractivity contribution in [3.05, 3.63) is 0 Å². The maximum Gasteiger partial charge on any atom is 0.306 e. The number of unbranched alkanes of at least 4 members (excludes halogenated alkanes) is 34. The minimum Gasteiger partial charge on any atom is -0.462 e. The molecule has 0 amide bonds. The van der Waals surface area contributed by atoms with Crippen LogP contribution in [0.5, 0.6) is 0 Å². The van der Waals surface area contributed by atoms with E-state index in [1.807, 2.05) is 0 Å². The van der Waals surface area contributed by atoms with Crippen LogP contribution >= 0.6 is 0 Å². The zero-order chi connectivity index (χ0) is 44.7. The summed E-state index contributed by atoms with van der Waals surface area (Å²) >= 11 is 0. The number of ether oxygens (including phenoxy) is 3. The largest absolute Gasteiger partial charge is 0.462 e. The monoisotopic (exact) mass is 863 g/mol. The molecule has 0 N–H and O–H groups in total. The van der Waals surface area contributed by atoms with Gasteiger partial charge in [-0.25, -0.2) is 0 Å². The van der Waals surface area contributed by atoms with E-state index >= 15 is 0 Å². The lowest BCUT2D eigenvalue weighted by atomic mass is 10.0. The van der Waals surface area contributed by atoms with Crippen molar-refractivity contribution in [2.75, 3.05) is 13.2 Å². The molecule has 0 aromatic heterocycles. The molecule has 0 aliphatic rings. The standard InChI is InChI=1S/C55H106O6/c1-6-7-8-9-10-11-12-13-14-15-16-17-18-19-20-24-30-35-40-45-53(56)59-48-52(49-60-54(57)46-41-36-31-27-26-29-34-39-44-51(4)5)61-55(58)47-42-37-32-25-22-21-23-28-33-38-43-50(2)3/h50-52H,6-49H2,1-5H3/t52-/m0/s1. The molecule has 0 saturated heterocycles. The van der Waals surface area contributed by atoms with Crippen molar-refractivity contribution in [3.8, 4) is 0 Å². The molecule has 61 heavy (non-hydrogen) atoms. The molecule has 0 heterocycles. The fourth-order valence-electron chi connectivity index (χ4n) is 8.34. The second-order valence-electron chi connectivity index (χ2n) is 19.8. The first kappa shape index (κ1) is 59.4. The minimum absolute atomic E-state index is 0.0639. The quantitative estimate of drug-likeness (QED) is 0.0344. The Kier molecular flexibility index (Phi) is 46.6. The second-order valence-corrected chi connectivity index (χ2v) is 19.8. The SMILES string of the molecule is CCCCCCCCCCCCCCCCCCCCCC(=O)OC[C@@H](COC(=O)CCCCCCCCCCC(C)C)OC(=O)CCCCCCCCCCCCC(C)C. The molecule has 362 valence electrons. The van der Waals surface area contributed by atoms with Crippen molar-refractivity contribution in [2.45, 2.75) is 310 Å². The Bertz CT molecular complexity index is 931. The van der Waals surface area contributed by atoms with Crippen molar-refractivity contribution in [2.24, 2.45) is 11.8 Å². The van der Waals surface area contributed by atoms with Crippen molar-refractivity contribution in [1.82, 2.24) is 0 Å². The summed E-state index contributed by atoms with van der Waals surface area (Å²) < 4.78 is 16.8. The highest BCUT2D eigenvalue weighted by Gasteiger charge is 2.19. The third kappa shape index (κ3) is 49.3. The van der Waals surface area contributed by atoms with Crippen LogP contribution in [0.1, 0.15) is 304 Å². The molecule has 1 atom stereocenters. The van der Waals surface area contributed by atoms with Crippen molar-refractivity contribution < 1.29 is 28.6 Å². The van der Waals surface area contributed by atoms with Crippen LogP contribution in [-0.2, 0) is 28.6 Å². The zero-order valence-corrected chi connectivity index (χ0v) is 41.8. The molecule has 0 unspecified atom stereocenters. The smallest absolute Gasteiger partial charge is 0.306 e. The summed E-state index contributed by atoms with van der Waals surface area (Å²) in [5.74, 6) is 0.764. The fourth-order valence-corrected chi connectivity index (χ4v) is 8.34. The third-order valence-electron chi connectivity index (χ3n) is 12.5. The molecule has 6 nitrogen and oxygen atoms in total. The van der Waals surface area contributed by atoms with E-state index in [1.54, 1.807) is 0 Å². The lowest BCUT2D eigenvalue weighted by Crippen LogP contribution is -2.30. The molecule has 6 heteroatoms. The number of hydrogen-bond donors (Lipinski definition) is 0. The zero-order valence-electron chi connectivity index (χ0n) is 41.8. The molecule has 0 aromatic carbocycles. The van der Waals surface area contributed by atoms with Crippen LogP contribution in [0.3, 0.4) is 0 Å². The Hall–Kier alpha value is -1.59. The number of carbonyl (C=O) groups is 3. The van der Waals surface area contributed by atoms with Gasteiger partial charge in [0, 0.05) is 19.3 Å². The van der Waals surface area contributed by atoms with Crippen molar-refractivity contribution in [1.29, 1.82) is 0 Å². The highest BCUT2D eigenvalue weighted by atomic mass is 16.6. The number of hydrogen-bond acceptors (Lipinski definition) is 6. The molecule has 0 saturated carbocycles. The summed E-state index contributed by atoms with van der Waals surface area (Å²) in [6.07, 6.45) is 49.6.